The fraction of sp³-hybridized carbons (Fsp3) is 0.409. The van der Waals surface area contributed by atoms with E-state index in [0.717, 1.165) is 27.3 Å². The molecule has 0 aromatic heterocycles. The maximum absolute atomic E-state index is 13.1. The molecule has 0 spiro atoms. The van der Waals surface area contributed by atoms with E-state index in [2.05, 4.69) is 5.32 Å². The molecule has 0 bridgehead atoms. The van der Waals surface area contributed by atoms with Crippen molar-refractivity contribution in [1.29, 1.82) is 0 Å². The number of aryl methyl sites for hydroxylation is 2. The van der Waals surface area contributed by atoms with Gasteiger partial charge in [-0.15, -0.1) is 0 Å². The molecule has 2 atom stereocenters. The number of halogens is 1. The van der Waals surface area contributed by atoms with Gasteiger partial charge in [0.15, 0.2) is 0 Å². The number of amides is 1. The Morgan fingerprint density at radius 1 is 1.07 bits per heavy atom. The molecule has 2 aromatic rings. The molecule has 0 unspecified atom stereocenters. The van der Waals surface area contributed by atoms with E-state index in [1.807, 2.05) is 45.0 Å². The van der Waals surface area contributed by atoms with Crippen LogP contribution in [-0.2, 0) is 14.8 Å². The second kappa shape index (κ2) is 9.63. The van der Waals surface area contributed by atoms with Crippen LogP contribution in [0.15, 0.2) is 42.5 Å². The van der Waals surface area contributed by atoms with Crippen molar-refractivity contribution in [3.05, 3.63) is 64.2 Å². The Labute approximate surface area is 179 Å². The average Bonchev–Trinajstić information content (AvgIpc) is 2.66. The van der Waals surface area contributed by atoms with Gasteiger partial charge in [-0.3, -0.25) is 9.10 Å². The van der Waals surface area contributed by atoms with E-state index in [4.69, 9.17) is 11.6 Å². The van der Waals surface area contributed by atoms with Crippen molar-refractivity contribution in [1.82, 2.24) is 5.32 Å². The Bertz CT molecular complexity index is 959. The minimum atomic E-state index is -3.70. The SMILES string of the molecule is CC[C@H](NC(=O)[C@H](CC)N(c1ccc(C)c(Cl)c1)S(C)(=O)=O)c1ccc(C)cc1. The van der Waals surface area contributed by atoms with Crippen LogP contribution < -0.4 is 9.62 Å². The van der Waals surface area contributed by atoms with Crippen molar-refractivity contribution in [2.45, 2.75) is 52.6 Å². The van der Waals surface area contributed by atoms with E-state index in [-0.39, 0.29) is 11.9 Å². The van der Waals surface area contributed by atoms with E-state index in [1.165, 1.54) is 0 Å². The minimum absolute atomic E-state index is 0.194. The molecule has 0 radical (unpaired) electrons. The predicted molar refractivity (Wildman–Crippen MR) is 120 cm³/mol. The van der Waals surface area contributed by atoms with Crippen molar-refractivity contribution in [3.8, 4) is 0 Å². The summed E-state index contributed by atoms with van der Waals surface area (Å²) >= 11 is 6.21. The molecule has 1 N–H and O–H groups in total. The number of sulfonamides is 1. The van der Waals surface area contributed by atoms with Crippen molar-refractivity contribution in [2.75, 3.05) is 10.6 Å². The summed E-state index contributed by atoms with van der Waals surface area (Å²) in [6.45, 7) is 7.63. The van der Waals surface area contributed by atoms with Gasteiger partial charge in [-0.1, -0.05) is 61.3 Å². The Morgan fingerprint density at radius 2 is 1.69 bits per heavy atom. The van der Waals surface area contributed by atoms with Crippen molar-refractivity contribution < 1.29 is 13.2 Å². The molecule has 0 fully saturated rings. The first-order chi connectivity index (χ1) is 13.6. The molecule has 5 nitrogen and oxygen atoms in total. The van der Waals surface area contributed by atoms with Gasteiger partial charge in [-0.05, 0) is 49.9 Å². The third kappa shape index (κ3) is 5.73. The lowest BCUT2D eigenvalue weighted by Crippen LogP contribution is -2.50. The summed E-state index contributed by atoms with van der Waals surface area (Å²) < 4.78 is 26.4. The van der Waals surface area contributed by atoms with Gasteiger partial charge in [0.1, 0.15) is 6.04 Å². The standard InChI is InChI=1S/C22H29ClN2O3S/c1-6-20(17-11-8-15(3)9-12-17)24-22(26)21(7-2)25(29(5,27)28)18-13-10-16(4)19(23)14-18/h8-14,20-21H,6-7H2,1-5H3,(H,24,26)/t20-,21-/m0/s1. The lowest BCUT2D eigenvalue weighted by atomic mass is 10.0. The molecule has 158 valence electrons. The van der Waals surface area contributed by atoms with Gasteiger partial charge in [0.25, 0.3) is 0 Å². The Hall–Kier alpha value is -2.05. The Morgan fingerprint density at radius 3 is 2.17 bits per heavy atom. The highest BCUT2D eigenvalue weighted by Crippen LogP contribution is 2.28. The summed E-state index contributed by atoms with van der Waals surface area (Å²) in [5.74, 6) is -0.331. The van der Waals surface area contributed by atoms with Crippen LogP contribution in [0, 0.1) is 13.8 Å². The predicted octanol–water partition coefficient (Wildman–Crippen LogP) is 4.77. The largest absolute Gasteiger partial charge is 0.347 e. The van der Waals surface area contributed by atoms with Gasteiger partial charge in [0.2, 0.25) is 15.9 Å². The zero-order valence-corrected chi connectivity index (χ0v) is 19.1. The summed E-state index contributed by atoms with van der Waals surface area (Å²) in [6, 6.07) is 11.9. The van der Waals surface area contributed by atoms with Crippen LogP contribution in [-0.4, -0.2) is 26.6 Å². The summed E-state index contributed by atoms with van der Waals surface area (Å²) in [5.41, 5.74) is 3.35. The molecule has 0 saturated carbocycles. The summed E-state index contributed by atoms with van der Waals surface area (Å²) in [7, 11) is -3.70. The number of benzene rings is 2. The van der Waals surface area contributed by atoms with Crippen molar-refractivity contribution in [3.63, 3.8) is 0 Å². The third-order valence-electron chi connectivity index (χ3n) is 4.94. The molecule has 0 aliphatic heterocycles. The fourth-order valence-corrected chi connectivity index (χ4v) is 4.65. The number of carbonyl (C=O) groups is 1. The van der Waals surface area contributed by atoms with Crippen LogP contribution in [0.1, 0.15) is 49.4 Å². The highest BCUT2D eigenvalue weighted by molar-refractivity contribution is 7.92. The first-order valence-electron chi connectivity index (χ1n) is 9.71. The number of hydrogen-bond donors (Lipinski definition) is 1. The molecule has 1 amide bonds. The topological polar surface area (TPSA) is 66.5 Å². The van der Waals surface area contributed by atoms with E-state index in [1.54, 1.807) is 25.1 Å². The number of hydrogen-bond acceptors (Lipinski definition) is 3. The average molecular weight is 437 g/mol. The van der Waals surface area contributed by atoms with Gasteiger partial charge in [-0.2, -0.15) is 0 Å². The number of anilines is 1. The molecule has 2 rings (SSSR count). The highest BCUT2D eigenvalue weighted by atomic mass is 35.5. The molecule has 29 heavy (non-hydrogen) atoms. The fourth-order valence-electron chi connectivity index (χ4n) is 3.27. The van der Waals surface area contributed by atoms with E-state index >= 15 is 0 Å². The second-order valence-electron chi connectivity index (χ2n) is 7.30. The molecular weight excluding hydrogens is 408 g/mol. The van der Waals surface area contributed by atoms with Gasteiger partial charge in [0.05, 0.1) is 18.0 Å². The Balaban J connectivity index is 2.36. The minimum Gasteiger partial charge on any atom is -0.347 e. The first kappa shape index (κ1) is 23.2. The molecule has 2 aromatic carbocycles. The van der Waals surface area contributed by atoms with Gasteiger partial charge >= 0.3 is 0 Å². The quantitative estimate of drug-likeness (QED) is 0.648. The number of rotatable bonds is 8. The second-order valence-corrected chi connectivity index (χ2v) is 9.56. The molecule has 7 heteroatoms. The highest BCUT2D eigenvalue weighted by Gasteiger charge is 2.32. The van der Waals surface area contributed by atoms with Crippen LogP contribution >= 0.6 is 11.6 Å². The maximum atomic E-state index is 13.1. The van der Waals surface area contributed by atoms with Crippen LogP contribution in [0.2, 0.25) is 5.02 Å². The normalized spacial score (nSPS) is 13.6. The van der Waals surface area contributed by atoms with Crippen LogP contribution in [0.3, 0.4) is 0 Å². The lowest BCUT2D eigenvalue weighted by Gasteiger charge is -2.31. The number of nitrogens with one attached hydrogen (secondary N) is 1. The van der Waals surface area contributed by atoms with Gasteiger partial charge in [-0.25, -0.2) is 8.42 Å². The van der Waals surface area contributed by atoms with Crippen LogP contribution in [0.5, 0.6) is 0 Å². The summed E-state index contributed by atoms with van der Waals surface area (Å²) in [4.78, 5) is 13.1. The number of carbonyl (C=O) groups excluding carboxylic acids is 1. The van der Waals surface area contributed by atoms with Crippen LogP contribution in [0.4, 0.5) is 5.69 Å². The van der Waals surface area contributed by atoms with E-state index in [0.29, 0.717) is 23.6 Å². The third-order valence-corrected chi connectivity index (χ3v) is 6.53. The van der Waals surface area contributed by atoms with Crippen LogP contribution in [0.25, 0.3) is 0 Å². The maximum Gasteiger partial charge on any atom is 0.244 e. The van der Waals surface area contributed by atoms with Gasteiger partial charge < -0.3 is 5.32 Å². The zero-order chi connectivity index (χ0) is 21.8. The van der Waals surface area contributed by atoms with Crippen molar-refractivity contribution in [2.24, 2.45) is 0 Å². The molecule has 0 aliphatic carbocycles. The van der Waals surface area contributed by atoms with E-state index < -0.39 is 16.1 Å². The summed E-state index contributed by atoms with van der Waals surface area (Å²) in [6.07, 6.45) is 2.13. The zero-order valence-electron chi connectivity index (χ0n) is 17.6. The summed E-state index contributed by atoms with van der Waals surface area (Å²) in [5, 5.41) is 3.48. The Kier molecular flexibility index (Phi) is 7.72. The van der Waals surface area contributed by atoms with Crippen molar-refractivity contribution >= 4 is 33.2 Å². The molecule has 0 heterocycles. The molecule has 0 aliphatic rings. The first-order valence-corrected chi connectivity index (χ1v) is 11.9. The number of nitrogens with zero attached hydrogens (tertiary/aromatic N) is 1. The smallest absolute Gasteiger partial charge is 0.244 e. The molecule has 0 saturated heterocycles. The monoisotopic (exact) mass is 436 g/mol. The van der Waals surface area contributed by atoms with E-state index in [9.17, 15) is 13.2 Å². The molecular formula is C22H29ClN2O3S. The van der Waals surface area contributed by atoms with Gasteiger partial charge in [0, 0.05) is 5.02 Å². The lowest BCUT2D eigenvalue weighted by molar-refractivity contribution is -0.123.